The molecule has 0 saturated heterocycles. The van der Waals surface area contributed by atoms with Crippen molar-refractivity contribution in [1.29, 1.82) is 0 Å². The van der Waals surface area contributed by atoms with Gasteiger partial charge >= 0.3 is 6.09 Å². The molecule has 2 aromatic carbocycles. The van der Waals surface area contributed by atoms with Crippen LogP contribution in [-0.4, -0.2) is 32.9 Å². The number of hydroxylamine groups is 2. The van der Waals surface area contributed by atoms with Crippen LogP contribution in [0.1, 0.15) is 11.3 Å². The number of fused-ring (bicyclic) bond motifs is 4. The van der Waals surface area contributed by atoms with E-state index in [9.17, 15) is 9.59 Å². The number of rotatable bonds is 2. The minimum absolute atomic E-state index is 0.136. The Labute approximate surface area is 159 Å². The monoisotopic (exact) mass is 375 g/mol. The molecule has 3 heterocycles. The zero-order valence-corrected chi connectivity index (χ0v) is 14.9. The molecule has 0 bridgehead atoms. The predicted octanol–water partition coefficient (Wildman–Crippen LogP) is 2.93. The van der Waals surface area contributed by atoms with Gasteiger partial charge in [0, 0.05) is 23.0 Å². The molecule has 0 saturated carbocycles. The van der Waals surface area contributed by atoms with Crippen LogP contribution in [0.5, 0.6) is 0 Å². The first-order chi connectivity index (χ1) is 13.7. The van der Waals surface area contributed by atoms with Crippen LogP contribution in [0.15, 0.2) is 53.3 Å². The van der Waals surface area contributed by atoms with Crippen molar-refractivity contribution in [3.63, 3.8) is 0 Å². The van der Waals surface area contributed by atoms with Gasteiger partial charge in [-0.25, -0.2) is 4.79 Å². The van der Waals surface area contributed by atoms with Crippen molar-refractivity contribution in [2.75, 3.05) is 11.9 Å². The average molecular weight is 375 g/mol. The summed E-state index contributed by atoms with van der Waals surface area (Å²) in [5, 5.41) is 13.6. The summed E-state index contributed by atoms with van der Waals surface area (Å²) in [4.78, 5) is 33.0. The highest BCUT2D eigenvalue weighted by Crippen LogP contribution is 2.24. The number of benzene rings is 2. The van der Waals surface area contributed by atoms with Gasteiger partial charge in [-0.05, 0) is 35.6 Å². The van der Waals surface area contributed by atoms with E-state index in [4.69, 9.17) is 4.84 Å². The molecule has 0 atom stereocenters. The van der Waals surface area contributed by atoms with E-state index in [0.717, 1.165) is 27.5 Å². The standard InChI is InChI=1S/C20H17N5O3/c26-19-14-6-2-1-5-12(14)13-9-10-25(11-17(13)21-19)28-20(27)22-18-15-7-3-4-8-16(15)23-24-18/h1-8H,9-11H2,(H,21,26)(H2,22,23,24,27). The molecule has 0 spiro atoms. The molecular weight excluding hydrogens is 358 g/mol. The van der Waals surface area contributed by atoms with Gasteiger partial charge in [-0.15, -0.1) is 5.06 Å². The van der Waals surface area contributed by atoms with Crippen LogP contribution in [-0.2, 0) is 17.8 Å². The van der Waals surface area contributed by atoms with Gasteiger partial charge < -0.3 is 9.82 Å². The van der Waals surface area contributed by atoms with Gasteiger partial charge in [0.25, 0.3) is 5.56 Å². The summed E-state index contributed by atoms with van der Waals surface area (Å²) in [6, 6.07) is 15.0. The Bertz CT molecular complexity index is 1260. The number of amides is 1. The number of carbonyl (C=O) groups is 1. The summed E-state index contributed by atoms with van der Waals surface area (Å²) in [5.41, 5.74) is 2.56. The number of hydrogen-bond donors (Lipinski definition) is 3. The quantitative estimate of drug-likeness (QED) is 0.500. The molecule has 1 aliphatic heterocycles. The van der Waals surface area contributed by atoms with E-state index >= 15 is 0 Å². The number of para-hydroxylation sites is 1. The minimum atomic E-state index is -0.621. The van der Waals surface area contributed by atoms with Crippen LogP contribution < -0.4 is 10.9 Å². The van der Waals surface area contributed by atoms with Crippen LogP contribution in [0.2, 0.25) is 0 Å². The van der Waals surface area contributed by atoms with E-state index in [1.165, 1.54) is 5.06 Å². The summed E-state index contributed by atoms with van der Waals surface area (Å²) in [5.74, 6) is 0.414. The Hall–Kier alpha value is -3.65. The maximum Gasteiger partial charge on any atom is 0.432 e. The fourth-order valence-corrected chi connectivity index (χ4v) is 3.67. The Morgan fingerprint density at radius 1 is 1.07 bits per heavy atom. The summed E-state index contributed by atoms with van der Waals surface area (Å²) in [7, 11) is 0. The molecule has 8 nitrogen and oxygen atoms in total. The highest BCUT2D eigenvalue weighted by molar-refractivity contribution is 5.96. The second-order valence-corrected chi connectivity index (χ2v) is 6.69. The van der Waals surface area contributed by atoms with E-state index in [0.29, 0.717) is 30.7 Å². The van der Waals surface area contributed by atoms with Crippen molar-refractivity contribution in [1.82, 2.24) is 20.2 Å². The number of H-pyrrole nitrogens is 2. The van der Waals surface area contributed by atoms with Crippen molar-refractivity contribution in [2.45, 2.75) is 13.0 Å². The highest BCUT2D eigenvalue weighted by atomic mass is 16.7. The molecule has 140 valence electrons. The van der Waals surface area contributed by atoms with Crippen LogP contribution in [0.3, 0.4) is 0 Å². The number of pyridine rings is 1. The first-order valence-electron chi connectivity index (χ1n) is 8.99. The molecule has 28 heavy (non-hydrogen) atoms. The van der Waals surface area contributed by atoms with Crippen LogP contribution >= 0.6 is 0 Å². The van der Waals surface area contributed by atoms with E-state index in [1.807, 2.05) is 48.5 Å². The van der Waals surface area contributed by atoms with E-state index in [-0.39, 0.29) is 5.56 Å². The number of carbonyl (C=O) groups excluding carboxylic acids is 1. The lowest BCUT2D eigenvalue weighted by molar-refractivity contribution is -0.106. The third-order valence-corrected chi connectivity index (χ3v) is 4.97. The molecule has 1 aliphatic rings. The fourth-order valence-electron chi connectivity index (χ4n) is 3.67. The normalized spacial score (nSPS) is 14.1. The molecule has 0 unspecified atom stereocenters. The maximum atomic E-state index is 12.3. The highest BCUT2D eigenvalue weighted by Gasteiger charge is 2.23. The number of anilines is 1. The number of nitrogens with zero attached hydrogens (tertiary/aromatic N) is 2. The molecule has 0 fully saturated rings. The molecule has 4 aromatic rings. The van der Waals surface area contributed by atoms with Gasteiger partial charge in [0.1, 0.15) is 0 Å². The Morgan fingerprint density at radius 3 is 2.68 bits per heavy atom. The first kappa shape index (κ1) is 16.5. The Kier molecular flexibility index (Phi) is 3.84. The average Bonchev–Trinajstić information content (AvgIpc) is 3.11. The fraction of sp³-hybridized carbons (Fsp3) is 0.150. The molecule has 0 aliphatic carbocycles. The number of aromatic amines is 2. The molecule has 1 amide bonds. The smallest absolute Gasteiger partial charge is 0.350 e. The Morgan fingerprint density at radius 2 is 1.82 bits per heavy atom. The van der Waals surface area contributed by atoms with Crippen LogP contribution in [0.4, 0.5) is 10.6 Å². The van der Waals surface area contributed by atoms with Gasteiger partial charge in [0.2, 0.25) is 0 Å². The SMILES string of the molecule is O=C(Nc1n[nH]c2ccccc12)ON1CCc2c([nH]c(=O)c3ccccc23)C1. The number of aromatic nitrogens is 3. The molecule has 2 aromatic heterocycles. The van der Waals surface area contributed by atoms with E-state index in [1.54, 1.807) is 0 Å². The van der Waals surface area contributed by atoms with Gasteiger partial charge in [0.05, 0.1) is 12.1 Å². The maximum absolute atomic E-state index is 12.3. The van der Waals surface area contributed by atoms with Crippen molar-refractivity contribution in [3.8, 4) is 0 Å². The van der Waals surface area contributed by atoms with E-state index < -0.39 is 6.09 Å². The van der Waals surface area contributed by atoms with Crippen molar-refractivity contribution >= 4 is 33.6 Å². The summed E-state index contributed by atoms with van der Waals surface area (Å²) in [6.45, 7) is 0.863. The van der Waals surface area contributed by atoms with Crippen molar-refractivity contribution in [2.24, 2.45) is 0 Å². The zero-order chi connectivity index (χ0) is 19.1. The molecule has 0 radical (unpaired) electrons. The topological polar surface area (TPSA) is 103 Å². The lowest BCUT2D eigenvalue weighted by atomic mass is 9.99. The lowest BCUT2D eigenvalue weighted by Crippen LogP contribution is -2.36. The molecule has 3 N–H and O–H groups in total. The van der Waals surface area contributed by atoms with Crippen LogP contribution in [0.25, 0.3) is 21.7 Å². The van der Waals surface area contributed by atoms with Crippen LogP contribution in [0, 0.1) is 0 Å². The summed E-state index contributed by atoms with van der Waals surface area (Å²) in [6.07, 6.45) is 0.0504. The minimum Gasteiger partial charge on any atom is -0.350 e. The van der Waals surface area contributed by atoms with Crippen molar-refractivity contribution in [3.05, 3.63) is 70.1 Å². The summed E-state index contributed by atoms with van der Waals surface area (Å²) < 4.78 is 0. The summed E-state index contributed by atoms with van der Waals surface area (Å²) >= 11 is 0. The van der Waals surface area contributed by atoms with Gasteiger partial charge in [-0.3, -0.25) is 15.2 Å². The third kappa shape index (κ3) is 2.80. The van der Waals surface area contributed by atoms with Crippen molar-refractivity contribution < 1.29 is 9.63 Å². The number of hydrogen-bond acceptors (Lipinski definition) is 5. The molecular formula is C20H17N5O3. The molecule has 5 rings (SSSR count). The second kappa shape index (κ2) is 6.50. The number of nitrogens with one attached hydrogen (secondary N) is 3. The van der Waals surface area contributed by atoms with E-state index in [2.05, 4.69) is 20.5 Å². The van der Waals surface area contributed by atoms with Gasteiger partial charge in [-0.1, -0.05) is 30.3 Å². The van der Waals surface area contributed by atoms with Gasteiger partial charge in [-0.2, -0.15) is 5.10 Å². The molecule has 8 heteroatoms. The van der Waals surface area contributed by atoms with Gasteiger partial charge in [0.15, 0.2) is 5.82 Å². The third-order valence-electron chi connectivity index (χ3n) is 4.97. The largest absolute Gasteiger partial charge is 0.432 e. The lowest BCUT2D eigenvalue weighted by Gasteiger charge is -2.27. The Balaban J connectivity index is 1.34. The predicted molar refractivity (Wildman–Crippen MR) is 105 cm³/mol. The second-order valence-electron chi connectivity index (χ2n) is 6.69. The zero-order valence-electron chi connectivity index (χ0n) is 14.9. The first-order valence-corrected chi connectivity index (χ1v) is 8.99.